The molecule has 1 N–H and O–H groups in total. The molecule has 0 aromatic heterocycles. The molecule has 1 heterocycles. The molecule has 1 aliphatic rings. The first-order valence-electron chi connectivity index (χ1n) is 6.40. The zero-order valence-corrected chi connectivity index (χ0v) is 12.1. The van der Waals surface area contributed by atoms with Gasteiger partial charge in [0.15, 0.2) is 0 Å². The third-order valence-electron chi connectivity index (χ3n) is 3.27. The highest BCUT2D eigenvalue weighted by molar-refractivity contribution is 6.30. The maximum atomic E-state index is 13.8. The summed E-state index contributed by atoms with van der Waals surface area (Å²) in [7, 11) is 0. The van der Waals surface area contributed by atoms with Crippen LogP contribution in [-0.2, 0) is 16.1 Å². The normalized spacial score (nSPS) is 19.4. The van der Waals surface area contributed by atoms with Gasteiger partial charge in [0.05, 0.1) is 6.54 Å². The number of nitrogens with one attached hydrogen (secondary N) is 1. The summed E-state index contributed by atoms with van der Waals surface area (Å²) in [6.07, 6.45) is 0. The Morgan fingerprint density at radius 3 is 2.75 bits per heavy atom. The highest BCUT2D eigenvalue weighted by Crippen LogP contribution is 2.18. The van der Waals surface area contributed by atoms with Crippen molar-refractivity contribution in [3.8, 4) is 0 Å². The van der Waals surface area contributed by atoms with E-state index in [1.165, 1.54) is 17.0 Å². The molecule has 0 aliphatic carbocycles. The third-order valence-corrected chi connectivity index (χ3v) is 3.51. The van der Waals surface area contributed by atoms with Crippen LogP contribution >= 0.6 is 11.6 Å². The van der Waals surface area contributed by atoms with Crippen LogP contribution in [0.25, 0.3) is 0 Å². The van der Waals surface area contributed by atoms with E-state index in [2.05, 4.69) is 5.32 Å². The molecule has 0 saturated carbocycles. The molecule has 1 atom stereocenters. The molecule has 1 aliphatic heterocycles. The minimum Gasteiger partial charge on any atom is -0.343 e. The Labute approximate surface area is 121 Å². The topological polar surface area (TPSA) is 49.4 Å². The number of halogens is 2. The lowest BCUT2D eigenvalue weighted by atomic mass is 10.0. The van der Waals surface area contributed by atoms with Crippen molar-refractivity contribution in [1.82, 2.24) is 10.2 Å². The molecule has 2 amide bonds. The summed E-state index contributed by atoms with van der Waals surface area (Å²) in [6, 6.07) is 3.74. The maximum Gasteiger partial charge on any atom is 0.246 e. The van der Waals surface area contributed by atoms with Crippen LogP contribution in [0.5, 0.6) is 0 Å². The highest BCUT2D eigenvalue weighted by Gasteiger charge is 2.34. The lowest BCUT2D eigenvalue weighted by Gasteiger charge is -2.34. The maximum absolute atomic E-state index is 13.8. The Kier molecular flexibility index (Phi) is 4.28. The molecule has 1 saturated heterocycles. The monoisotopic (exact) mass is 298 g/mol. The minimum absolute atomic E-state index is 0.00989. The van der Waals surface area contributed by atoms with Gasteiger partial charge in [-0.05, 0) is 18.1 Å². The van der Waals surface area contributed by atoms with Crippen LogP contribution in [0.1, 0.15) is 19.4 Å². The zero-order chi connectivity index (χ0) is 14.9. The van der Waals surface area contributed by atoms with Gasteiger partial charge in [0.1, 0.15) is 11.9 Å². The smallest absolute Gasteiger partial charge is 0.246 e. The lowest BCUT2D eigenvalue weighted by molar-refractivity contribution is -0.146. The second-order valence-corrected chi connectivity index (χ2v) is 5.66. The number of nitrogens with zero attached hydrogens (tertiary/aromatic N) is 1. The molecule has 1 aromatic rings. The van der Waals surface area contributed by atoms with Gasteiger partial charge in [-0.3, -0.25) is 9.59 Å². The van der Waals surface area contributed by atoms with Gasteiger partial charge in [-0.25, -0.2) is 4.39 Å². The zero-order valence-electron chi connectivity index (χ0n) is 11.3. The second kappa shape index (κ2) is 5.79. The first-order valence-corrected chi connectivity index (χ1v) is 6.78. The van der Waals surface area contributed by atoms with Crippen LogP contribution in [-0.4, -0.2) is 29.3 Å². The predicted molar refractivity (Wildman–Crippen MR) is 73.6 cm³/mol. The average Bonchev–Trinajstić information content (AvgIpc) is 2.36. The Hall–Kier alpha value is -1.62. The van der Waals surface area contributed by atoms with Gasteiger partial charge in [0.2, 0.25) is 11.8 Å². The standard InChI is InChI=1S/C14H16ClFN2O2/c1-8(2)13-14(20)18(7-12(19)17-13)6-9-3-4-10(15)5-11(9)16/h3-5,8,13H,6-7H2,1-2H3,(H,17,19). The molecule has 108 valence electrons. The van der Waals surface area contributed by atoms with Crippen LogP contribution in [0.3, 0.4) is 0 Å². The van der Waals surface area contributed by atoms with E-state index >= 15 is 0 Å². The summed E-state index contributed by atoms with van der Waals surface area (Å²) >= 11 is 5.69. The largest absolute Gasteiger partial charge is 0.343 e. The van der Waals surface area contributed by atoms with Gasteiger partial charge in [0.25, 0.3) is 0 Å². The minimum atomic E-state index is -0.549. The van der Waals surface area contributed by atoms with Crippen LogP contribution in [0, 0.1) is 11.7 Å². The van der Waals surface area contributed by atoms with E-state index in [1.54, 1.807) is 6.07 Å². The quantitative estimate of drug-likeness (QED) is 0.927. The molecule has 0 spiro atoms. The van der Waals surface area contributed by atoms with Crippen LogP contribution in [0.2, 0.25) is 5.02 Å². The van der Waals surface area contributed by atoms with E-state index < -0.39 is 11.9 Å². The fourth-order valence-corrected chi connectivity index (χ4v) is 2.33. The van der Waals surface area contributed by atoms with Crippen molar-refractivity contribution in [2.75, 3.05) is 6.54 Å². The molecule has 20 heavy (non-hydrogen) atoms. The Balaban J connectivity index is 2.19. The molecular weight excluding hydrogens is 283 g/mol. The average molecular weight is 299 g/mol. The van der Waals surface area contributed by atoms with Crippen molar-refractivity contribution in [1.29, 1.82) is 0 Å². The molecule has 1 fully saturated rings. The van der Waals surface area contributed by atoms with E-state index in [0.29, 0.717) is 10.6 Å². The lowest BCUT2D eigenvalue weighted by Crippen LogP contribution is -2.59. The molecule has 4 nitrogen and oxygen atoms in total. The highest BCUT2D eigenvalue weighted by atomic mass is 35.5. The number of amides is 2. The van der Waals surface area contributed by atoms with Crippen LogP contribution < -0.4 is 5.32 Å². The van der Waals surface area contributed by atoms with Crippen molar-refractivity contribution >= 4 is 23.4 Å². The SMILES string of the molecule is CC(C)C1NC(=O)CN(Cc2ccc(Cl)cc2F)C1=O. The fourth-order valence-electron chi connectivity index (χ4n) is 2.17. The Bertz CT molecular complexity index is 548. The number of carbonyl (C=O) groups is 2. The molecular formula is C14H16ClFN2O2. The molecule has 0 bridgehead atoms. The predicted octanol–water partition coefficient (Wildman–Crippen LogP) is 1.96. The summed E-state index contributed by atoms with van der Waals surface area (Å²) in [5.74, 6) is -0.895. The van der Waals surface area contributed by atoms with Gasteiger partial charge in [-0.2, -0.15) is 0 Å². The van der Waals surface area contributed by atoms with Gasteiger partial charge >= 0.3 is 0 Å². The molecule has 1 unspecified atom stereocenters. The number of carbonyl (C=O) groups excluding carboxylic acids is 2. The number of hydrogen-bond donors (Lipinski definition) is 1. The summed E-state index contributed by atoms with van der Waals surface area (Å²) in [4.78, 5) is 25.3. The summed E-state index contributed by atoms with van der Waals surface area (Å²) in [6.45, 7) is 3.73. The number of benzene rings is 1. The number of rotatable bonds is 3. The van der Waals surface area contributed by atoms with Gasteiger partial charge in [0, 0.05) is 17.1 Å². The second-order valence-electron chi connectivity index (χ2n) is 5.22. The van der Waals surface area contributed by atoms with E-state index in [4.69, 9.17) is 11.6 Å². The van der Waals surface area contributed by atoms with E-state index in [0.717, 1.165) is 0 Å². The van der Waals surface area contributed by atoms with Crippen LogP contribution in [0.15, 0.2) is 18.2 Å². The van der Waals surface area contributed by atoms with Crippen molar-refractivity contribution in [3.05, 3.63) is 34.6 Å². The summed E-state index contributed by atoms with van der Waals surface area (Å²) in [5, 5.41) is 2.96. The van der Waals surface area contributed by atoms with Gasteiger partial charge < -0.3 is 10.2 Å². The number of hydrogen-bond acceptors (Lipinski definition) is 2. The summed E-state index contributed by atoms with van der Waals surface area (Å²) in [5.41, 5.74) is 0.347. The van der Waals surface area contributed by atoms with Crippen molar-refractivity contribution in [2.24, 2.45) is 5.92 Å². The Morgan fingerprint density at radius 1 is 1.45 bits per heavy atom. The molecule has 6 heteroatoms. The molecule has 2 rings (SSSR count). The van der Waals surface area contributed by atoms with Crippen molar-refractivity contribution < 1.29 is 14.0 Å². The first-order chi connectivity index (χ1) is 9.38. The van der Waals surface area contributed by atoms with Crippen LogP contribution in [0.4, 0.5) is 4.39 Å². The van der Waals surface area contributed by atoms with Crippen molar-refractivity contribution in [3.63, 3.8) is 0 Å². The van der Waals surface area contributed by atoms with Gasteiger partial charge in [-0.15, -0.1) is 0 Å². The van der Waals surface area contributed by atoms with E-state index in [9.17, 15) is 14.0 Å². The number of piperazine rings is 1. The first kappa shape index (κ1) is 14.8. The Morgan fingerprint density at radius 2 is 2.15 bits per heavy atom. The van der Waals surface area contributed by atoms with E-state index in [1.807, 2.05) is 13.8 Å². The third kappa shape index (κ3) is 3.10. The van der Waals surface area contributed by atoms with E-state index in [-0.39, 0.29) is 30.8 Å². The molecule has 1 aromatic carbocycles. The molecule has 0 radical (unpaired) electrons. The van der Waals surface area contributed by atoms with Crippen molar-refractivity contribution in [2.45, 2.75) is 26.4 Å². The fraction of sp³-hybridized carbons (Fsp3) is 0.429. The van der Waals surface area contributed by atoms with Gasteiger partial charge in [-0.1, -0.05) is 31.5 Å². The summed E-state index contributed by atoms with van der Waals surface area (Å²) < 4.78 is 13.8.